The van der Waals surface area contributed by atoms with Crippen molar-refractivity contribution in [1.82, 2.24) is 15.2 Å². The third-order valence-corrected chi connectivity index (χ3v) is 5.41. The van der Waals surface area contributed by atoms with Crippen LogP contribution in [0.25, 0.3) is 22.0 Å². The second-order valence-electron chi connectivity index (χ2n) is 7.47. The summed E-state index contributed by atoms with van der Waals surface area (Å²) in [6, 6.07) is 15.6. The number of pyridine rings is 1. The second-order valence-corrected chi connectivity index (χ2v) is 7.47. The minimum absolute atomic E-state index is 0.161. The van der Waals surface area contributed by atoms with Crippen LogP contribution >= 0.6 is 0 Å². The van der Waals surface area contributed by atoms with E-state index in [1.165, 1.54) is 0 Å². The van der Waals surface area contributed by atoms with Crippen molar-refractivity contribution in [3.8, 4) is 11.3 Å². The number of carbonyl (C=O) groups excluding carboxylic acids is 1. The van der Waals surface area contributed by atoms with Crippen molar-refractivity contribution >= 4 is 28.1 Å². The molecule has 1 saturated heterocycles. The monoisotopic (exact) mass is 375 g/mol. The summed E-state index contributed by atoms with van der Waals surface area (Å²) >= 11 is 0. The molecule has 1 aromatic heterocycles. The Bertz CT molecular complexity index is 1020. The maximum Gasteiger partial charge on any atom is 0.272 e. The van der Waals surface area contributed by atoms with Crippen LogP contribution in [-0.2, 0) is 0 Å². The zero-order valence-electron chi connectivity index (χ0n) is 16.0. The van der Waals surface area contributed by atoms with Gasteiger partial charge < -0.3 is 21.7 Å². The highest BCUT2D eigenvalue weighted by Gasteiger charge is 2.21. The van der Waals surface area contributed by atoms with Crippen LogP contribution in [0.5, 0.6) is 0 Å². The maximum atomic E-state index is 12.8. The summed E-state index contributed by atoms with van der Waals surface area (Å²) in [5.41, 5.74) is 15.2. The number of amides is 1. The number of nitrogens with one attached hydrogen (secondary N) is 1. The normalized spacial score (nSPS) is 15.6. The maximum absolute atomic E-state index is 12.8. The van der Waals surface area contributed by atoms with Gasteiger partial charge in [0.1, 0.15) is 0 Å². The number of hydrogen-bond donors (Lipinski definition) is 3. The molecular formula is C22H25N5O. The lowest BCUT2D eigenvalue weighted by Gasteiger charge is -2.29. The highest BCUT2D eigenvalue weighted by molar-refractivity contribution is 5.99. The van der Waals surface area contributed by atoms with Crippen LogP contribution in [0.2, 0.25) is 0 Å². The number of anilines is 2. The van der Waals surface area contributed by atoms with Crippen LogP contribution in [0.1, 0.15) is 23.3 Å². The van der Waals surface area contributed by atoms with E-state index in [1.807, 2.05) is 42.5 Å². The molecule has 1 aliphatic rings. The molecule has 1 fully saturated rings. The predicted octanol–water partition coefficient (Wildman–Crippen LogP) is 2.89. The number of fused-ring (bicyclic) bond motifs is 1. The molecule has 6 heteroatoms. The number of hydrogen-bond acceptors (Lipinski definition) is 5. The van der Waals surface area contributed by atoms with Crippen molar-refractivity contribution in [3.63, 3.8) is 0 Å². The molecule has 6 nitrogen and oxygen atoms in total. The molecule has 0 saturated carbocycles. The van der Waals surface area contributed by atoms with Crippen molar-refractivity contribution in [2.24, 2.45) is 0 Å². The Hall–Kier alpha value is -3.12. The van der Waals surface area contributed by atoms with Crippen molar-refractivity contribution < 1.29 is 4.79 Å². The van der Waals surface area contributed by atoms with Gasteiger partial charge in [-0.05, 0) is 62.6 Å². The lowest BCUT2D eigenvalue weighted by molar-refractivity contribution is 0.0913. The molecule has 0 bridgehead atoms. The molecule has 2 heterocycles. The van der Waals surface area contributed by atoms with Crippen molar-refractivity contribution in [2.45, 2.75) is 18.9 Å². The number of carbonyl (C=O) groups is 1. The van der Waals surface area contributed by atoms with Crippen LogP contribution in [0, 0.1) is 0 Å². The molecule has 1 aliphatic heterocycles. The Morgan fingerprint density at radius 1 is 1.07 bits per heavy atom. The van der Waals surface area contributed by atoms with Crippen LogP contribution < -0.4 is 16.8 Å². The van der Waals surface area contributed by atoms with Crippen LogP contribution in [0.3, 0.4) is 0 Å². The topological polar surface area (TPSA) is 97.3 Å². The molecule has 0 unspecified atom stereocenters. The highest BCUT2D eigenvalue weighted by Crippen LogP contribution is 2.28. The highest BCUT2D eigenvalue weighted by atomic mass is 16.2. The number of nitrogen functional groups attached to an aromatic ring is 2. The molecule has 1 amide bonds. The minimum Gasteiger partial charge on any atom is -0.398 e. The molecule has 144 valence electrons. The first-order valence-corrected chi connectivity index (χ1v) is 9.56. The van der Waals surface area contributed by atoms with E-state index in [0.717, 1.165) is 48.0 Å². The molecule has 0 radical (unpaired) electrons. The van der Waals surface area contributed by atoms with Crippen LogP contribution in [0.15, 0.2) is 48.5 Å². The van der Waals surface area contributed by atoms with E-state index in [0.29, 0.717) is 11.4 Å². The van der Waals surface area contributed by atoms with Gasteiger partial charge in [-0.1, -0.05) is 24.3 Å². The van der Waals surface area contributed by atoms with Gasteiger partial charge in [0.2, 0.25) is 0 Å². The summed E-state index contributed by atoms with van der Waals surface area (Å²) in [4.78, 5) is 19.6. The van der Waals surface area contributed by atoms with Crippen LogP contribution in [0.4, 0.5) is 11.4 Å². The van der Waals surface area contributed by atoms with E-state index < -0.39 is 0 Å². The molecule has 2 aromatic carbocycles. The first-order valence-electron chi connectivity index (χ1n) is 9.56. The van der Waals surface area contributed by atoms with Gasteiger partial charge >= 0.3 is 0 Å². The fourth-order valence-corrected chi connectivity index (χ4v) is 3.68. The van der Waals surface area contributed by atoms with E-state index in [-0.39, 0.29) is 17.6 Å². The van der Waals surface area contributed by atoms with Gasteiger partial charge in [-0.3, -0.25) is 4.79 Å². The summed E-state index contributed by atoms with van der Waals surface area (Å²) < 4.78 is 0. The van der Waals surface area contributed by atoms with Gasteiger partial charge in [-0.25, -0.2) is 4.98 Å². The SMILES string of the molecule is CN1CCC(NC(=O)c2nc(-c3ccc4cccc(N)c4c3)ccc2N)CC1. The standard InChI is InChI=1S/C22H25N5O/c1-27-11-9-16(10-12-27)25-22(28)21-19(24)7-8-20(26-21)15-6-5-14-3-2-4-18(23)17(14)13-15/h2-8,13,16H,9-12,23-24H2,1H3,(H,25,28). The Morgan fingerprint density at radius 3 is 2.64 bits per heavy atom. The van der Waals surface area contributed by atoms with Gasteiger partial charge in [0.05, 0.1) is 11.4 Å². The summed E-state index contributed by atoms with van der Waals surface area (Å²) in [5, 5.41) is 5.12. The number of benzene rings is 2. The fourth-order valence-electron chi connectivity index (χ4n) is 3.68. The van der Waals surface area contributed by atoms with Gasteiger partial charge in [0.15, 0.2) is 5.69 Å². The quantitative estimate of drug-likeness (QED) is 0.612. The first-order chi connectivity index (χ1) is 13.5. The van der Waals surface area contributed by atoms with Gasteiger partial charge in [0, 0.05) is 22.7 Å². The molecule has 3 aromatic rings. The summed E-state index contributed by atoms with van der Waals surface area (Å²) in [6.07, 6.45) is 1.87. The first kappa shape index (κ1) is 18.3. The van der Waals surface area contributed by atoms with E-state index in [1.54, 1.807) is 6.07 Å². The van der Waals surface area contributed by atoms with E-state index in [4.69, 9.17) is 11.5 Å². The molecule has 0 atom stereocenters. The smallest absolute Gasteiger partial charge is 0.272 e. The van der Waals surface area contributed by atoms with Crippen molar-refractivity contribution in [1.29, 1.82) is 0 Å². The average Bonchev–Trinajstić information content (AvgIpc) is 2.70. The molecule has 0 aliphatic carbocycles. The number of aromatic nitrogens is 1. The second kappa shape index (κ2) is 7.48. The minimum atomic E-state index is -0.214. The van der Waals surface area contributed by atoms with E-state index >= 15 is 0 Å². The zero-order chi connectivity index (χ0) is 19.7. The molecular weight excluding hydrogens is 350 g/mol. The molecule has 4 rings (SSSR count). The Kier molecular flexibility index (Phi) is 4.88. The fraction of sp³-hybridized carbons (Fsp3) is 0.273. The van der Waals surface area contributed by atoms with E-state index in [2.05, 4.69) is 22.2 Å². The Morgan fingerprint density at radius 2 is 1.86 bits per heavy atom. The number of rotatable bonds is 3. The number of piperidine rings is 1. The predicted molar refractivity (Wildman–Crippen MR) is 114 cm³/mol. The molecule has 0 spiro atoms. The summed E-state index contributed by atoms with van der Waals surface area (Å²) in [7, 11) is 2.09. The van der Waals surface area contributed by atoms with Gasteiger partial charge in [0.25, 0.3) is 5.91 Å². The zero-order valence-corrected chi connectivity index (χ0v) is 16.0. The number of nitrogens with zero attached hydrogens (tertiary/aromatic N) is 2. The van der Waals surface area contributed by atoms with Crippen molar-refractivity contribution in [2.75, 3.05) is 31.6 Å². The van der Waals surface area contributed by atoms with Gasteiger partial charge in [-0.15, -0.1) is 0 Å². The number of nitrogens with two attached hydrogens (primary N) is 2. The lowest BCUT2D eigenvalue weighted by atomic mass is 10.0. The number of likely N-dealkylation sites (tertiary alicyclic amines) is 1. The average molecular weight is 375 g/mol. The summed E-state index contributed by atoms with van der Waals surface area (Å²) in [6.45, 7) is 1.96. The Labute approximate surface area is 164 Å². The molecule has 28 heavy (non-hydrogen) atoms. The van der Waals surface area contributed by atoms with Crippen molar-refractivity contribution in [3.05, 3.63) is 54.2 Å². The summed E-state index contributed by atoms with van der Waals surface area (Å²) in [5.74, 6) is -0.214. The third kappa shape index (κ3) is 3.64. The Balaban J connectivity index is 1.62. The van der Waals surface area contributed by atoms with E-state index in [9.17, 15) is 4.79 Å². The third-order valence-electron chi connectivity index (χ3n) is 5.41. The van der Waals surface area contributed by atoms with Gasteiger partial charge in [-0.2, -0.15) is 0 Å². The largest absolute Gasteiger partial charge is 0.398 e. The van der Waals surface area contributed by atoms with Crippen LogP contribution in [-0.4, -0.2) is 42.0 Å². The molecule has 5 N–H and O–H groups in total. The lowest BCUT2D eigenvalue weighted by Crippen LogP contribution is -2.43.